The van der Waals surface area contributed by atoms with Crippen molar-refractivity contribution >= 4 is 31.6 Å². The Bertz CT molecular complexity index is 1220. The maximum Gasteiger partial charge on any atom is 0.243 e. The van der Waals surface area contributed by atoms with E-state index in [1.807, 2.05) is 0 Å². The Labute approximate surface area is 195 Å². The van der Waals surface area contributed by atoms with Gasteiger partial charge in [0.05, 0.1) is 9.79 Å². The number of amides is 1. The first kappa shape index (κ1) is 23.9. The van der Waals surface area contributed by atoms with Crippen LogP contribution in [0.3, 0.4) is 0 Å². The fraction of sp³-hybridized carbons (Fsp3) is 0.435. The number of hydrogen-bond acceptors (Lipinski definition) is 5. The van der Waals surface area contributed by atoms with E-state index < -0.39 is 32.0 Å². The van der Waals surface area contributed by atoms with Gasteiger partial charge in [-0.2, -0.15) is 8.61 Å². The normalized spacial score (nSPS) is 20.6. The lowest BCUT2D eigenvalue weighted by Gasteiger charge is -2.27. The Morgan fingerprint density at radius 2 is 1.58 bits per heavy atom. The van der Waals surface area contributed by atoms with Gasteiger partial charge in [0.15, 0.2) is 0 Å². The maximum atomic E-state index is 13.2. The average Bonchev–Trinajstić information content (AvgIpc) is 3.33. The van der Waals surface area contributed by atoms with E-state index >= 15 is 0 Å². The zero-order valence-corrected chi connectivity index (χ0v) is 20.2. The molecule has 2 aromatic rings. The number of aryl methyl sites for hydroxylation is 1. The highest BCUT2D eigenvalue weighted by Gasteiger charge is 2.39. The van der Waals surface area contributed by atoms with Gasteiger partial charge in [-0.3, -0.25) is 4.79 Å². The molecule has 1 N–H and O–H groups in total. The van der Waals surface area contributed by atoms with E-state index in [0.29, 0.717) is 37.2 Å². The van der Waals surface area contributed by atoms with E-state index in [4.69, 9.17) is 0 Å². The minimum atomic E-state index is -3.81. The predicted octanol–water partition coefficient (Wildman–Crippen LogP) is 2.96. The molecule has 2 saturated heterocycles. The summed E-state index contributed by atoms with van der Waals surface area (Å²) in [4.78, 5) is 13.4. The van der Waals surface area contributed by atoms with Crippen LogP contribution in [0.5, 0.6) is 0 Å². The van der Waals surface area contributed by atoms with Crippen molar-refractivity contribution in [2.24, 2.45) is 0 Å². The molecule has 2 aliphatic heterocycles. The zero-order valence-electron chi connectivity index (χ0n) is 18.6. The van der Waals surface area contributed by atoms with Crippen molar-refractivity contribution in [3.8, 4) is 0 Å². The van der Waals surface area contributed by atoms with Crippen LogP contribution in [0, 0.1) is 6.92 Å². The van der Waals surface area contributed by atoms with Crippen molar-refractivity contribution in [2.75, 3.05) is 25.0 Å². The van der Waals surface area contributed by atoms with Gasteiger partial charge in [-0.25, -0.2) is 16.8 Å². The second kappa shape index (κ2) is 9.54. The Morgan fingerprint density at radius 3 is 2.27 bits per heavy atom. The minimum absolute atomic E-state index is 0.148. The third-order valence-corrected chi connectivity index (χ3v) is 10.2. The van der Waals surface area contributed by atoms with Crippen LogP contribution < -0.4 is 5.32 Å². The van der Waals surface area contributed by atoms with Crippen molar-refractivity contribution in [3.63, 3.8) is 0 Å². The minimum Gasteiger partial charge on any atom is -0.325 e. The number of nitrogens with zero attached hydrogens (tertiary/aromatic N) is 2. The first-order chi connectivity index (χ1) is 15.7. The fourth-order valence-corrected chi connectivity index (χ4v) is 7.89. The van der Waals surface area contributed by atoms with Crippen LogP contribution in [-0.4, -0.2) is 57.0 Å². The number of benzene rings is 2. The van der Waals surface area contributed by atoms with Crippen molar-refractivity contribution in [2.45, 2.75) is 54.9 Å². The van der Waals surface area contributed by atoms with E-state index in [1.54, 1.807) is 37.3 Å². The summed E-state index contributed by atoms with van der Waals surface area (Å²) in [5, 5.41) is 2.75. The van der Waals surface area contributed by atoms with Gasteiger partial charge in [0.25, 0.3) is 0 Å². The van der Waals surface area contributed by atoms with Crippen LogP contribution in [0.25, 0.3) is 0 Å². The fourth-order valence-electron chi connectivity index (χ4n) is 4.44. The Hall–Kier alpha value is -2.27. The summed E-state index contributed by atoms with van der Waals surface area (Å²) >= 11 is 0. The summed E-state index contributed by atoms with van der Waals surface area (Å²) in [6.45, 7) is 2.98. The van der Waals surface area contributed by atoms with Crippen molar-refractivity contribution < 1.29 is 21.6 Å². The largest absolute Gasteiger partial charge is 0.325 e. The molecule has 0 aromatic heterocycles. The number of piperidine rings is 1. The molecule has 8 nitrogen and oxygen atoms in total. The van der Waals surface area contributed by atoms with Crippen LogP contribution in [-0.2, 0) is 24.8 Å². The van der Waals surface area contributed by atoms with Gasteiger partial charge in [0.1, 0.15) is 6.04 Å². The number of sulfonamides is 2. The van der Waals surface area contributed by atoms with Crippen molar-refractivity contribution in [1.29, 1.82) is 0 Å². The number of nitrogens with one attached hydrogen (secondary N) is 1. The molecule has 2 heterocycles. The van der Waals surface area contributed by atoms with Gasteiger partial charge in [-0.15, -0.1) is 0 Å². The quantitative estimate of drug-likeness (QED) is 0.669. The molecule has 2 fully saturated rings. The lowest BCUT2D eigenvalue weighted by Crippen LogP contribution is -2.43. The second-order valence-corrected chi connectivity index (χ2v) is 12.3. The molecule has 178 valence electrons. The van der Waals surface area contributed by atoms with Crippen LogP contribution in [0.1, 0.15) is 37.7 Å². The van der Waals surface area contributed by atoms with Gasteiger partial charge in [0, 0.05) is 25.3 Å². The summed E-state index contributed by atoms with van der Waals surface area (Å²) in [6, 6.07) is 12.0. The van der Waals surface area contributed by atoms with Crippen LogP contribution in [0.2, 0.25) is 0 Å². The summed E-state index contributed by atoms with van der Waals surface area (Å²) < 4.78 is 55.2. The molecule has 1 unspecified atom stereocenters. The first-order valence-corrected chi connectivity index (χ1v) is 14.1. The third kappa shape index (κ3) is 4.84. The number of rotatable bonds is 6. The molecule has 0 spiro atoms. The van der Waals surface area contributed by atoms with Gasteiger partial charge in [-0.1, -0.05) is 30.7 Å². The van der Waals surface area contributed by atoms with Crippen LogP contribution >= 0.6 is 0 Å². The third-order valence-electron chi connectivity index (χ3n) is 6.24. The van der Waals surface area contributed by atoms with Gasteiger partial charge in [0.2, 0.25) is 26.0 Å². The summed E-state index contributed by atoms with van der Waals surface area (Å²) in [7, 11) is -7.47. The molecule has 10 heteroatoms. The predicted molar refractivity (Wildman–Crippen MR) is 126 cm³/mol. The van der Waals surface area contributed by atoms with E-state index in [0.717, 1.165) is 19.3 Å². The highest BCUT2D eigenvalue weighted by atomic mass is 32.2. The molecule has 0 saturated carbocycles. The monoisotopic (exact) mass is 491 g/mol. The molecule has 33 heavy (non-hydrogen) atoms. The lowest BCUT2D eigenvalue weighted by molar-refractivity contribution is -0.119. The SMILES string of the molecule is Cc1ccc(NC(=O)C2CCCN2S(=O)(=O)c2ccccc2)cc1S(=O)(=O)N1CCCCC1. The standard InChI is InChI=1S/C23H29N3O5S2/c1-18-12-13-19(17-22(18)33(30,31)25-14-6-3-7-15-25)24-23(27)21-11-8-16-26(21)32(28,29)20-9-4-2-5-10-20/h2,4-5,9-10,12-13,17,21H,3,6-8,11,14-16H2,1H3,(H,24,27). The first-order valence-electron chi connectivity index (χ1n) is 11.2. The number of hydrogen-bond donors (Lipinski definition) is 1. The molecule has 2 aliphatic rings. The van der Waals surface area contributed by atoms with Crippen molar-refractivity contribution in [3.05, 3.63) is 54.1 Å². The Balaban J connectivity index is 1.56. The van der Waals surface area contributed by atoms with E-state index in [-0.39, 0.29) is 16.3 Å². The van der Waals surface area contributed by atoms with Crippen LogP contribution in [0.4, 0.5) is 5.69 Å². The summed E-state index contributed by atoms with van der Waals surface area (Å²) in [5.41, 5.74) is 0.942. The zero-order chi connectivity index (χ0) is 23.6. The molecule has 4 rings (SSSR count). The van der Waals surface area contributed by atoms with Gasteiger partial charge >= 0.3 is 0 Å². The number of carbonyl (C=O) groups is 1. The molecular weight excluding hydrogens is 462 g/mol. The molecule has 1 atom stereocenters. The second-order valence-electron chi connectivity index (χ2n) is 8.52. The van der Waals surface area contributed by atoms with E-state index in [1.165, 1.54) is 26.8 Å². The highest BCUT2D eigenvalue weighted by Crippen LogP contribution is 2.29. The van der Waals surface area contributed by atoms with Crippen LogP contribution in [0.15, 0.2) is 58.3 Å². The van der Waals surface area contributed by atoms with E-state index in [2.05, 4.69) is 5.32 Å². The Kier molecular flexibility index (Phi) is 6.90. The number of carbonyl (C=O) groups excluding carboxylic acids is 1. The maximum absolute atomic E-state index is 13.2. The summed E-state index contributed by atoms with van der Waals surface area (Å²) in [5.74, 6) is -0.461. The molecule has 0 bridgehead atoms. The lowest BCUT2D eigenvalue weighted by atomic mass is 10.2. The highest BCUT2D eigenvalue weighted by molar-refractivity contribution is 7.89. The average molecular weight is 492 g/mol. The molecular formula is C23H29N3O5S2. The molecule has 2 aromatic carbocycles. The number of anilines is 1. The molecule has 1 amide bonds. The van der Waals surface area contributed by atoms with E-state index in [9.17, 15) is 21.6 Å². The molecule has 0 aliphatic carbocycles. The van der Waals surface area contributed by atoms with Gasteiger partial charge in [-0.05, 0) is 62.4 Å². The topological polar surface area (TPSA) is 104 Å². The molecule has 0 radical (unpaired) electrons. The summed E-state index contributed by atoms with van der Waals surface area (Å²) in [6.07, 6.45) is 3.67. The van der Waals surface area contributed by atoms with Gasteiger partial charge < -0.3 is 5.32 Å². The smallest absolute Gasteiger partial charge is 0.243 e. The Morgan fingerprint density at radius 1 is 0.879 bits per heavy atom. The van der Waals surface area contributed by atoms with Crippen molar-refractivity contribution in [1.82, 2.24) is 8.61 Å².